The number of ether oxygens (including phenoxy) is 1. The molecular weight excluding hydrogens is 524 g/mol. The normalized spacial score (nSPS) is 17.4. The molecule has 1 aliphatic rings. The third-order valence-corrected chi connectivity index (χ3v) is 7.58. The number of fused-ring (bicyclic) bond motifs is 2. The molecule has 0 saturated heterocycles. The van der Waals surface area contributed by atoms with Gasteiger partial charge >= 0.3 is 0 Å². The fraction of sp³-hybridized carbons (Fsp3) is 0.296. The predicted molar refractivity (Wildman–Crippen MR) is 144 cm³/mol. The number of carbonyl (C=O) groups excluding carboxylic acids is 3. The lowest BCUT2D eigenvalue weighted by atomic mass is 9.83. The number of benzene rings is 3. The van der Waals surface area contributed by atoms with Gasteiger partial charge in [-0.1, -0.05) is 40.2 Å². The minimum Gasteiger partial charge on any atom is -0.496 e. The molecule has 0 radical (unpaired) electrons. The molecule has 9 heteroatoms. The van der Waals surface area contributed by atoms with Crippen LogP contribution in [0.5, 0.6) is 5.75 Å². The van der Waals surface area contributed by atoms with Crippen LogP contribution in [0.1, 0.15) is 19.4 Å². The molecule has 8 nitrogen and oxygen atoms in total. The van der Waals surface area contributed by atoms with E-state index in [-0.39, 0.29) is 24.9 Å². The summed E-state index contributed by atoms with van der Waals surface area (Å²) in [4.78, 5) is 42.8. The zero-order valence-corrected chi connectivity index (χ0v) is 22.3. The lowest BCUT2D eigenvalue weighted by Gasteiger charge is -2.36. The molecular formula is C27H29BrN4O4. The average molecular weight is 553 g/mol. The number of carbonyl (C=O) groups is 3. The van der Waals surface area contributed by atoms with Crippen LogP contribution in [0.2, 0.25) is 0 Å². The lowest BCUT2D eigenvalue weighted by molar-refractivity contribution is -0.133. The van der Waals surface area contributed by atoms with Crippen molar-refractivity contribution in [2.24, 2.45) is 11.7 Å². The van der Waals surface area contributed by atoms with Gasteiger partial charge in [-0.15, -0.1) is 0 Å². The fourth-order valence-electron chi connectivity index (χ4n) is 4.80. The number of hydrogen-bond donors (Lipinski definition) is 2. The lowest BCUT2D eigenvalue weighted by Crippen LogP contribution is -2.63. The molecule has 3 N–H and O–H groups in total. The maximum Gasteiger partial charge on any atom is 0.238 e. The van der Waals surface area contributed by atoms with Crippen molar-refractivity contribution in [3.63, 3.8) is 0 Å². The first kappa shape index (κ1) is 25.7. The van der Waals surface area contributed by atoms with Crippen LogP contribution in [0.3, 0.4) is 0 Å². The molecule has 3 aromatic rings. The molecule has 0 bridgehead atoms. The van der Waals surface area contributed by atoms with Gasteiger partial charge in [0.2, 0.25) is 17.7 Å². The van der Waals surface area contributed by atoms with Crippen molar-refractivity contribution in [1.82, 2.24) is 5.32 Å². The molecule has 2 atom stereocenters. The monoisotopic (exact) mass is 552 g/mol. The largest absolute Gasteiger partial charge is 0.496 e. The van der Waals surface area contributed by atoms with Gasteiger partial charge in [-0.25, -0.2) is 0 Å². The quantitative estimate of drug-likeness (QED) is 0.486. The van der Waals surface area contributed by atoms with Crippen molar-refractivity contribution < 1.29 is 19.1 Å². The third-order valence-electron chi connectivity index (χ3n) is 7.09. The fourth-order valence-corrected chi connectivity index (χ4v) is 5.18. The second kappa shape index (κ2) is 9.91. The van der Waals surface area contributed by atoms with Crippen LogP contribution in [0, 0.1) is 5.92 Å². The van der Waals surface area contributed by atoms with E-state index >= 15 is 0 Å². The highest BCUT2D eigenvalue weighted by Crippen LogP contribution is 2.40. The summed E-state index contributed by atoms with van der Waals surface area (Å²) >= 11 is 3.52. The minimum atomic E-state index is -1.39. The molecule has 0 fully saturated rings. The number of likely N-dealkylation sites (N-methyl/N-ethyl adjacent to an activating group) is 1. The van der Waals surface area contributed by atoms with Crippen LogP contribution >= 0.6 is 15.9 Å². The van der Waals surface area contributed by atoms with E-state index < -0.39 is 17.4 Å². The number of hydrogen-bond acceptors (Lipinski definition) is 5. The Morgan fingerprint density at radius 1 is 1.17 bits per heavy atom. The summed E-state index contributed by atoms with van der Waals surface area (Å²) in [5, 5.41) is 4.86. The van der Waals surface area contributed by atoms with Crippen molar-refractivity contribution in [3.05, 3.63) is 64.6 Å². The Morgan fingerprint density at radius 3 is 2.47 bits per heavy atom. The number of rotatable bonds is 6. The molecule has 0 saturated carbocycles. The average Bonchev–Trinajstić information content (AvgIpc) is 2.98. The van der Waals surface area contributed by atoms with E-state index in [9.17, 15) is 14.4 Å². The SMILES string of the molecule is CNC(C)(C(N)=O)[C@@H]1CN(C(C)=O)c2ccccc2N(Cc2c(OC)ccc3cc(Br)ccc23)C1=O. The van der Waals surface area contributed by atoms with Gasteiger partial charge in [-0.2, -0.15) is 0 Å². The molecule has 188 valence electrons. The summed E-state index contributed by atoms with van der Waals surface area (Å²) in [5.41, 5.74) is 6.36. The van der Waals surface area contributed by atoms with Gasteiger partial charge in [0, 0.05) is 23.5 Å². The number of amides is 3. The summed E-state index contributed by atoms with van der Waals surface area (Å²) in [6, 6.07) is 17.0. The van der Waals surface area contributed by atoms with Crippen molar-refractivity contribution in [3.8, 4) is 5.75 Å². The number of nitrogens with one attached hydrogen (secondary N) is 1. The molecule has 36 heavy (non-hydrogen) atoms. The van der Waals surface area contributed by atoms with Crippen LogP contribution in [0.15, 0.2) is 59.1 Å². The predicted octanol–water partition coefficient (Wildman–Crippen LogP) is 3.59. The highest BCUT2D eigenvalue weighted by atomic mass is 79.9. The van der Waals surface area contributed by atoms with Gasteiger partial charge in [0.05, 0.1) is 30.9 Å². The van der Waals surface area contributed by atoms with E-state index in [1.54, 1.807) is 38.1 Å². The Morgan fingerprint density at radius 2 is 1.86 bits per heavy atom. The van der Waals surface area contributed by atoms with E-state index in [1.165, 1.54) is 11.8 Å². The Bertz CT molecular complexity index is 1360. The van der Waals surface area contributed by atoms with Crippen molar-refractivity contribution >= 4 is 55.8 Å². The first-order valence-electron chi connectivity index (χ1n) is 11.5. The van der Waals surface area contributed by atoms with Crippen LogP contribution < -0.4 is 25.6 Å². The number of para-hydroxylation sites is 2. The highest BCUT2D eigenvalue weighted by molar-refractivity contribution is 9.10. The van der Waals surface area contributed by atoms with Crippen molar-refractivity contribution in [2.75, 3.05) is 30.5 Å². The summed E-state index contributed by atoms with van der Waals surface area (Å²) in [6.07, 6.45) is 0. The van der Waals surface area contributed by atoms with Crippen LogP contribution in [-0.4, -0.2) is 44.0 Å². The first-order valence-corrected chi connectivity index (χ1v) is 12.3. The zero-order valence-electron chi connectivity index (χ0n) is 20.7. The molecule has 1 aliphatic heterocycles. The number of anilines is 2. The van der Waals surface area contributed by atoms with Crippen molar-refractivity contribution in [2.45, 2.75) is 25.9 Å². The summed E-state index contributed by atoms with van der Waals surface area (Å²) in [5.74, 6) is -1.54. The maximum absolute atomic E-state index is 14.3. The van der Waals surface area contributed by atoms with E-state index in [4.69, 9.17) is 10.5 Å². The molecule has 0 aliphatic carbocycles. The van der Waals surface area contributed by atoms with Crippen LogP contribution in [-0.2, 0) is 20.9 Å². The number of primary amides is 1. The smallest absolute Gasteiger partial charge is 0.238 e. The van der Waals surface area contributed by atoms with E-state index in [1.807, 2.05) is 42.5 Å². The third kappa shape index (κ3) is 4.33. The summed E-state index contributed by atoms with van der Waals surface area (Å²) in [7, 11) is 3.18. The van der Waals surface area contributed by atoms with Gasteiger partial charge in [0.1, 0.15) is 11.3 Å². The Balaban J connectivity index is 1.95. The highest BCUT2D eigenvalue weighted by Gasteiger charge is 2.48. The first-order chi connectivity index (χ1) is 17.1. The van der Waals surface area contributed by atoms with Crippen LogP contribution in [0.4, 0.5) is 11.4 Å². The van der Waals surface area contributed by atoms with Crippen LogP contribution in [0.25, 0.3) is 10.8 Å². The number of nitrogens with zero attached hydrogens (tertiary/aromatic N) is 2. The van der Waals surface area contributed by atoms with E-state index in [0.717, 1.165) is 20.8 Å². The number of methoxy groups -OCH3 is 1. The second-order valence-electron chi connectivity index (χ2n) is 9.02. The Kier molecular flexibility index (Phi) is 7.06. The summed E-state index contributed by atoms with van der Waals surface area (Å²) in [6.45, 7) is 3.21. The Hall–Kier alpha value is -3.43. The second-order valence-corrected chi connectivity index (χ2v) is 9.94. The van der Waals surface area contributed by atoms with Gasteiger partial charge in [-0.05, 0) is 55.1 Å². The van der Waals surface area contributed by atoms with Gasteiger partial charge in [0.15, 0.2) is 0 Å². The van der Waals surface area contributed by atoms with Crippen molar-refractivity contribution in [1.29, 1.82) is 0 Å². The van der Waals surface area contributed by atoms with E-state index in [2.05, 4.69) is 21.2 Å². The standard InChI is InChI=1S/C27H29BrN4O4/c1-16(33)31-15-21(27(2,30-3)26(29)35)25(34)32(23-8-6-5-7-22(23)31)14-20-19-11-10-18(28)13-17(19)9-12-24(20)36-4/h5-13,21,30H,14-15H2,1-4H3,(H2,29,35)/t21-,27?/m1/s1. The number of halogens is 1. The van der Waals surface area contributed by atoms with E-state index in [0.29, 0.717) is 17.1 Å². The molecule has 4 rings (SSSR count). The van der Waals surface area contributed by atoms with Gasteiger partial charge < -0.3 is 25.6 Å². The molecule has 0 aromatic heterocycles. The molecule has 1 heterocycles. The molecule has 1 unspecified atom stereocenters. The summed E-state index contributed by atoms with van der Waals surface area (Å²) < 4.78 is 6.63. The van der Waals surface area contributed by atoms with Gasteiger partial charge in [-0.3, -0.25) is 14.4 Å². The Labute approximate surface area is 218 Å². The minimum absolute atomic E-state index is 0.00157. The van der Waals surface area contributed by atoms with Gasteiger partial charge in [0.25, 0.3) is 0 Å². The molecule has 0 spiro atoms. The zero-order chi connectivity index (χ0) is 26.2. The maximum atomic E-state index is 14.3. The number of nitrogens with two attached hydrogens (primary N) is 1. The molecule has 3 aromatic carbocycles. The molecule has 3 amide bonds. The topological polar surface area (TPSA) is 105 Å².